The number of aryl methyl sites for hydroxylation is 1. The molecule has 3 rings (SSSR count). The molecule has 2 heterocycles. The predicted octanol–water partition coefficient (Wildman–Crippen LogP) is -0.592. The maximum absolute atomic E-state index is 12.2. The van der Waals surface area contributed by atoms with E-state index in [1.54, 1.807) is 9.13 Å². The van der Waals surface area contributed by atoms with Gasteiger partial charge in [-0.25, -0.2) is 0 Å². The summed E-state index contributed by atoms with van der Waals surface area (Å²) in [5, 5.41) is 10.0. The first-order chi connectivity index (χ1) is 9.18. The molecule has 0 fully saturated rings. The maximum Gasteiger partial charge on any atom is 0.203 e. The SMILES string of the molecule is Cn1c(=N)n(CC(=O)c2cccs2)c2ccccc21.[Br-]. The molecule has 0 aliphatic rings. The van der Waals surface area contributed by atoms with Gasteiger partial charge in [-0.2, -0.15) is 0 Å². The van der Waals surface area contributed by atoms with Crippen LogP contribution in [-0.2, 0) is 13.6 Å². The summed E-state index contributed by atoms with van der Waals surface area (Å²) in [6.45, 7) is 0.209. The Labute approximate surface area is 130 Å². The standard InChI is InChI=1S/C14H13N3OS.BrH/c1-16-10-5-2-3-6-11(10)17(14(16)15)9-12(18)13-7-4-8-19-13;/h2-8,15H,9H2,1H3;1H/p-1. The largest absolute Gasteiger partial charge is 1.00 e. The first-order valence-corrected chi connectivity index (χ1v) is 6.82. The number of nitrogens with one attached hydrogen (secondary N) is 1. The Bertz CT molecular complexity index is 802. The number of thiophene rings is 1. The minimum absolute atomic E-state index is 0. The molecular formula is C14H13BrN3OS-. The summed E-state index contributed by atoms with van der Waals surface area (Å²) >= 11 is 1.44. The predicted molar refractivity (Wildman–Crippen MR) is 75.4 cm³/mol. The van der Waals surface area contributed by atoms with E-state index in [1.165, 1.54) is 11.3 Å². The molecule has 0 saturated carbocycles. The molecule has 1 N–H and O–H groups in total. The Morgan fingerprint density at radius 1 is 1.20 bits per heavy atom. The smallest absolute Gasteiger partial charge is 0.203 e. The van der Waals surface area contributed by atoms with Crippen LogP contribution in [0.25, 0.3) is 11.0 Å². The van der Waals surface area contributed by atoms with Gasteiger partial charge in [-0.3, -0.25) is 10.2 Å². The van der Waals surface area contributed by atoms with E-state index in [2.05, 4.69) is 0 Å². The highest BCUT2D eigenvalue weighted by Crippen LogP contribution is 2.14. The molecule has 6 heteroatoms. The molecule has 0 amide bonds. The molecule has 0 atom stereocenters. The van der Waals surface area contributed by atoms with Crippen molar-refractivity contribution in [2.45, 2.75) is 6.54 Å². The molecule has 0 spiro atoms. The lowest BCUT2D eigenvalue weighted by Gasteiger charge is -2.02. The van der Waals surface area contributed by atoms with Crippen LogP contribution in [0.5, 0.6) is 0 Å². The molecule has 0 aliphatic heterocycles. The summed E-state index contributed by atoms with van der Waals surface area (Å²) < 4.78 is 3.54. The van der Waals surface area contributed by atoms with E-state index in [0.29, 0.717) is 5.62 Å². The third-order valence-corrected chi connectivity index (χ3v) is 4.12. The van der Waals surface area contributed by atoms with Crippen LogP contribution >= 0.6 is 11.3 Å². The second-order valence-electron chi connectivity index (χ2n) is 4.36. The number of hydrogen-bond donors (Lipinski definition) is 1. The second kappa shape index (κ2) is 5.76. The van der Waals surface area contributed by atoms with Crippen molar-refractivity contribution in [1.29, 1.82) is 5.41 Å². The quantitative estimate of drug-likeness (QED) is 0.630. The molecule has 0 saturated heterocycles. The van der Waals surface area contributed by atoms with Gasteiger partial charge in [0.15, 0.2) is 5.78 Å². The van der Waals surface area contributed by atoms with Gasteiger partial charge in [0.2, 0.25) is 5.62 Å². The Morgan fingerprint density at radius 2 is 1.90 bits per heavy atom. The number of Topliss-reactive ketones (excluding diaryl/α,β-unsaturated/α-hetero) is 1. The number of carbonyl (C=O) groups excluding carboxylic acids is 1. The molecule has 4 nitrogen and oxygen atoms in total. The van der Waals surface area contributed by atoms with E-state index in [0.717, 1.165) is 15.9 Å². The number of imidazole rings is 1. The van der Waals surface area contributed by atoms with E-state index in [-0.39, 0.29) is 29.3 Å². The van der Waals surface area contributed by atoms with E-state index in [1.807, 2.05) is 48.8 Å². The van der Waals surface area contributed by atoms with Crippen LogP contribution in [-0.4, -0.2) is 14.9 Å². The zero-order chi connectivity index (χ0) is 13.4. The number of ketones is 1. The van der Waals surface area contributed by atoms with Crippen molar-refractivity contribution >= 4 is 28.2 Å². The second-order valence-corrected chi connectivity index (χ2v) is 5.31. The molecular weight excluding hydrogens is 338 g/mol. The number of nitrogens with zero attached hydrogens (tertiary/aromatic N) is 2. The van der Waals surface area contributed by atoms with Crippen LogP contribution in [0.2, 0.25) is 0 Å². The third-order valence-electron chi connectivity index (χ3n) is 3.20. The van der Waals surface area contributed by atoms with Gasteiger partial charge in [-0.15, -0.1) is 11.3 Å². The van der Waals surface area contributed by atoms with E-state index < -0.39 is 0 Å². The van der Waals surface area contributed by atoms with E-state index in [4.69, 9.17) is 5.41 Å². The topological polar surface area (TPSA) is 50.8 Å². The average Bonchev–Trinajstić information content (AvgIpc) is 3.03. The van der Waals surface area contributed by atoms with Crippen LogP contribution in [0.4, 0.5) is 0 Å². The Morgan fingerprint density at radius 3 is 2.55 bits per heavy atom. The van der Waals surface area contributed by atoms with Gasteiger partial charge in [0.1, 0.15) is 0 Å². The van der Waals surface area contributed by atoms with Gasteiger partial charge >= 0.3 is 0 Å². The molecule has 104 valence electrons. The van der Waals surface area contributed by atoms with Crippen molar-refractivity contribution < 1.29 is 21.8 Å². The van der Waals surface area contributed by atoms with Crippen LogP contribution < -0.4 is 22.6 Å². The highest BCUT2D eigenvalue weighted by Gasteiger charge is 2.13. The molecule has 3 aromatic rings. The summed E-state index contributed by atoms with van der Waals surface area (Å²) in [4.78, 5) is 12.9. The number of para-hydroxylation sites is 2. The fourth-order valence-corrected chi connectivity index (χ4v) is 2.86. The van der Waals surface area contributed by atoms with Crippen molar-refractivity contribution in [2.24, 2.45) is 7.05 Å². The number of aromatic nitrogens is 2. The summed E-state index contributed by atoms with van der Waals surface area (Å²) in [5.74, 6) is 0.0462. The van der Waals surface area contributed by atoms with Gasteiger partial charge in [0.05, 0.1) is 22.5 Å². The van der Waals surface area contributed by atoms with Gasteiger partial charge in [0, 0.05) is 7.05 Å². The van der Waals surface area contributed by atoms with Gasteiger partial charge in [-0.1, -0.05) is 18.2 Å². The Kier molecular flexibility index (Phi) is 4.25. The minimum Gasteiger partial charge on any atom is -1.00 e. The van der Waals surface area contributed by atoms with E-state index >= 15 is 0 Å². The first-order valence-electron chi connectivity index (χ1n) is 5.94. The fraction of sp³-hybridized carbons (Fsp3) is 0.143. The maximum atomic E-state index is 12.2. The Hall–Kier alpha value is -1.66. The molecule has 1 aromatic carbocycles. The molecule has 20 heavy (non-hydrogen) atoms. The minimum atomic E-state index is 0. The zero-order valence-corrected chi connectivity index (χ0v) is 13.2. The van der Waals surface area contributed by atoms with Crippen molar-refractivity contribution in [1.82, 2.24) is 9.13 Å². The lowest BCUT2D eigenvalue weighted by atomic mass is 10.3. The molecule has 0 radical (unpaired) electrons. The average molecular weight is 351 g/mol. The van der Waals surface area contributed by atoms with Crippen molar-refractivity contribution in [3.05, 3.63) is 52.3 Å². The van der Waals surface area contributed by atoms with Crippen LogP contribution in [0.15, 0.2) is 41.8 Å². The molecule has 0 bridgehead atoms. The number of fused-ring (bicyclic) bond motifs is 1. The first kappa shape index (κ1) is 14.7. The van der Waals surface area contributed by atoms with Crippen LogP contribution in [0.3, 0.4) is 0 Å². The van der Waals surface area contributed by atoms with Crippen molar-refractivity contribution in [2.75, 3.05) is 0 Å². The third kappa shape index (κ3) is 2.36. The van der Waals surface area contributed by atoms with Crippen molar-refractivity contribution in [3.63, 3.8) is 0 Å². The van der Waals surface area contributed by atoms with Gasteiger partial charge in [-0.05, 0) is 23.6 Å². The Balaban J connectivity index is 0.00000147. The molecule has 0 unspecified atom stereocenters. The normalized spacial score (nSPS) is 10.4. The summed E-state index contributed by atoms with van der Waals surface area (Å²) in [6, 6.07) is 11.4. The van der Waals surface area contributed by atoms with Crippen LogP contribution in [0, 0.1) is 5.41 Å². The number of carbonyl (C=O) groups is 1. The number of rotatable bonds is 3. The summed E-state index contributed by atoms with van der Waals surface area (Å²) in [5.41, 5.74) is 2.22. The molecule has 2 aromatic heterocycles. The highest BCUT2D eigenvalue weighted by molar-refractivity contribution is 7.12. The number of benzene rings is 1. The number of hydrogen-bond acceptors (Lipinski definition) is 3. The summed E-state index contributed by atoms with van der Waals surface area (Å²) in [7, 11) is 1.84. The van der Waals surface area contributed by atoms with E-state index in [9.17, 15) is 4.79 Å². The lowest BCUT2D eigenvalue weighted by molar-refractivity contribution is -0.0000120. The highest BCUT2D eigenvalue weighted by atomic mass is 79.9. The lowest BCUT2D eigenvalue weighted by Crippen LogP contribution is -3.00. The van der Waals surface area contributed by atoms with Crippen molar-refractivity contribution in [3.8, 4) is 0 Å². The zero-order valence-electron chi connectivity index (χ0n) is 10.8. The summed E-state index contributed by atoms with van der Waals surface area (Å²) in [6.07, 6.45) is 0. The fourth-order valence-electron chi connectivity index (χ4n) is 2.20. The van der Waals surface area contributed by atoms with Gasteiger partial charge in [0.25, 0.3) is 0 Å². The monoisotopic (exact) mass is 350 g/mol. The van der Waals surface area contributed by atoms with Gasteiger partial charge < -0.3 is 26.1 Å². The van der Waals surface area contributed by atoms with Crippen LogP contribution in [0.1, 0.15) is 9.67 Å². The number of halogens is 1. The molecule has 0 aliphatic carbocycles.